The summed E-state index contributed by atoms with van der Waals surface area (Å²) in [6.07, 6.45) is 4.61. The van der Waals surface area contributed by atoms with E-state index in [1.807, 2.05) is 0 Å². The molecule has 0 saturated carbocycles. The second-order valence-corrected chi connectivity index (χ2v) is 8.09. The molecule has 0 spiro atoms. The topological polar surface area (TPSA) is 110 Å². The third-order valence-corrected chi connectivity index (χ3v) is 6.41. The average Bonchev–Trinajstić information content (AvgIpc) is 3.23. The van der Waals surface area contributed by atoms with E-state index in [2.05, 4.69) is 16.0 Å². The van der Waals surface area contributed by atoms with Gasteiger partial charge < -0.3 is 14.5 Å². The standard InChI is InChI=1S/C22H16N4O4S/c1-29-13-5-4-12(9-23)15(7-13)19-8-16-20(31-19)21(27)26(22(28)25-16)17-10-24-11-18-14(17)3-2-6-30-18/h4-5,7-8,10-11H,2-3,6H2,1H3,(H,25,28). The van der Waals surface area contributed by atoms with Crippen LogP contribution in [-0.4, -0.2) is 28.3 Å². The largest absolute Gasteiger partial charge is 0.497 e. The van der Waals surface area contributed by atoms with Crippen molar-refractivity contribution in [2.45, 2.75) is 12.8 Å². The summed E-state index contributed by atoms with van der Waals surface area (Å²) < 4.78 is 12.4. The van der Waals surface area contributed by atoms with Gasteiger partial charge in [-0.15, -0.1) is 11.3 Å². The van der Waals surface area contributed by atoms with Crippen LogP contribution < -0.4 is 20.7 Å². The van der Waals surface area contributed by atoms with Crippen LogP contribution in [0.15, 0.2) is 46.2 Å². The number of nitriles is 1. The second kappa shape index (κ2) is 7.41. The maximum atomic E-state index is 13.4. The molecule has 0 atom stereocenters. The van der Waals surface area contributed by atoms with E-state index in [1.165, 1.54) is 17.5 Å². The molecule has 0 bridgehead atoms. The van der Waals surface area contributed by atoms with Crippen molar-refractivity contribution in [2.75, 3.05) is 13.7 Å². The lowest BCUT2D eigenvalue weighted by Crippen LogP contribution is -2.34. The number of benzene rings is 1. The Balaban J connectivity index is 1.74. The molecule has 0 amide bonds. The van der Waals surface area contributed by atoms with Crippen molar-refractivity contribution >= 4 is 21.6 Å². The molecule has 154 valence electrons. The molecular weight excluding hydrogens is 416 g/mol. The van der Waals surface area contributed by atoms with E-state index in [9.17, 15) is 14.9 Å². The number of methoxy groups -OCH3 is 1. The summed E-state index contributed by atoms with van der Waals surface area (Å²) in [7, 11) is 1.55. The Hall–Kier alpha value is -3.90. The van der Waals surface area contributed by atoms with Gasteiger partial charge in [0.05, 0.1) is 48.9 Å². The summed E-state index contributed by atoms with van der Waals surface area (Å²) in [5, 5.41) is 9.49. The van der Waals surface area contributed by atoms with Crippen molar-refractivity contribution < 1.29 is 9.47 Å². The predicted octanol–water partition coefficient (Wildman–Crippen LogP) is 3.01. The molecule has 1 N–H and O–H groups in total. The van der Waals surface area contributed by atoms with E-state index in [4.69, 9.17) is 9.47 Å². The normalized spacial score (nSPS) is 12.8. The third kappa shape index (κ3) is 3.08. The molecule has 1 aromatic carbocycles. The number of ether oxygens (including phenoxy) is 2. The van der Waals surface area contributed by atoms with E-state index in [1.54, 1.807) is 37.6 Å². The molecule has 0 aliphatic carbocycles. The minimum absolute atomic E-state index is 0.385. The van der Waals surface area contributed by atoms with Crippen LogP contribution in [0.4, 0.5) is 0 Å². The Kier molecular flexibility index (Phi) is 4.56. The first-order chi connectivity index (χ1) is 15.1. The van der Waals surface area contributed by atoms with Gasteiger partial charge in [-0.1, -0.05) is 0 Å². The number of thiophene rings is 1. The fourth-order valence-electron chi connectivity index (χ4n) is 3.77. The van der Waals surface area contributed by atoms with Crippen LogP contribution in [0.1, 0.15) is 17.5 Å². The Labute approximate surface area is 179 Å². The highest BCUT2D eigenvalue weighted by Crippen LogP contribution is 2.35. The van der Waals surface area contributed by atoms with Crippen molar-refractivity contribution in [1.82, 2.24) is 14.5 Å². The summed E-state index contributed by atoms with van der Waals surface area (Å²) >= 11 is 1.22. The number of rotatable bonds is 3. The minimum atomic E-state index is -0.547. The first-order valence-electron chi connectivity index (χ1n) is 9.58. The Morgan fingerprint density at radius 2 is 2.16 bits per heavy atom. The summed E-state index contributed by atoms with van der Waals surface area (Å²) in [6.45, 7) is 0.582. The van der Waals surface area contributed by atoms with Gasteiger partial charge in [0, 0.05) is 16.0 Å². The van der Waals surface area contributed by atoms with Crippen molar-refractivity contribution in [3.05, 3.63) is 68.6 Å². The molecule has 31 heavy (non-hydrogen) atoms. The molecule has 0 unspecified atom stereocenters. The smallest absolute Gasteiger partial charge is 0.333 e. The molecule has 0 radical (unpaired) electrons. The molecule has 3 aromatic heterocycles. The Morgan fingerprint density at radius 1 is 1.29 bits per heavy atom. The van der Waals surface area contributed by atoms with Gasteiger partial charge in [-0.2, -0.15) is 5.26 Å². The molecular formula is C22H16N4O4S. The number of H-pyrrole nitrogens is 1. The monoisotopic (exact) mass is 432 g/mol. The highest BCUT2D eigenvalue weighted by atomic mass is 32.1. The SMILES string of the molecule is COc1ccc(C#N)c(-c2cc3[nH]c(=O)n(-c4cncc5c4CCCO5)c(=O)c3s2)c1. The van der Waals surface area contributed by atoms with Crippen LogP contribution in [0.2, 0.25) is 0 Å². The first-order valence-corrected chi connectivity index (χ1v) is 10.4. The number of hydrogen-bond acceptors (Lipinski definition) is 7. The molecule has 1 aliphatic rings. The molecule has 4 heterocycles. The maximum absolute atomic E-state index is 13.4. The third-order valence-electron chi connectivity index (χ3n) is 5.25. The molecule has 8 nitrogen and oxygen atoms in total. The lowest BCUT2D eigenvalue weighted by Gasteiger charge is -2.19. The molecule has 0 saturated heterocycles. The van der Waals surface area contributed by atoms with Gasteiger partial charge in [0.2, 0.25) is 0 Å². The van der Waals surface area contributed by atoms with Gasteiger partial charge >= 0.3 is 5.69 Å². The fourth-order valence-corrected chi connectivity index (χ4v) is 4.84. The van der Waals surface area contributed by atoms with Crippen LogP contribution in [0.3, 0.4) is 0 Å². The summed E-state index contributed by atoms with van der Waals surface area (Å²) in [5.74, 6) is 1.19. The lowest BCUT2D eigenvalue weighted by molar-refractivity contribution is 0.286. The van der Waals surface area contributed by atoms with Crippen LogP contribution in [-0.2, 0) is 6.42 Å². The fraction of sp³-hybridized carbons (Fsp3) is 0.182. The highest BCUT2D eigenvalue weighted by Gasteiger charge is 2.21. The average molecular weight is 432 g/mol. The van der Waals surface area contributed by atoms with Gasteiger partial charge in [0.15, 0.2) is 0 Å². The van der Waals surface area contributed by atoms with E-state index in [-0.39, 0.29) is 0 Å². The van der Waals surface area contributed by atoms with E-state index >= 15 is 0 Å². The van der Waals surface area contributed by atoms with Crippen LogP contribution in [0.5, 0.6) is 11.5 Å². The van der Waals surface area contributed by atoms with Crippen LogP contribution in [0, 0.1) is 11.3 Å². The van der Waals surface area contributed by atoms with Crippen molar-refractivity contribution in [3.8, 4) is 33.7 Å². The molecule has 4 aromatic rings. The number of hydrogen-bond donors (Lipinski definition) is 1. The van der Waals surface area contributed by atoms with E-state index < -0.39 is 11.2 Å². The predicted molar refractivity (Wildman–Crippen MR) is 116 cm³/mol. The first kappa shape index (κ1) is 19.1. The summed E-state index contributed by atoms with van der Waals surface area (Å²) in [6, 6.07) is 8.99. The zero-order valence-corrected chi connectivity index (χ0v) is 17.3. The second-order valence-electron chi connectivity index (χ2n) is 7.03. The number of nitrogens with one attached hydrogen (secondary N) is 1. The molecule has 9 heteroatoms. The molecule has 1 aliphatic heterocycles. The Bertz CT molecular complexity index is 1490. The van der Waals surface area contributed by atoms with Gasteiger partial charge in [0.25, 0.3) is 5.56 Å². The lowest BCUT2D eigenvalue weighted by atomic mass is 10.1. The van der Waals surface area contributed by atoms with Gasteiger partial charge in [-0.25, -0.2) is 9.36 Å². The summed E-state index contributed by atoms with van der Waals surface area (Å²) in [4.78, 5) is 33.9. The quantitative estimate of drug-likeness (QED) is 0.533. The van der Waals surface area contributed by atoms with Gasteiger partial charge in [0.1, 0.15) is 16.2 Å². The molecule has 0 fully saturated rings. The van der Waals surface area contributed by atoms with Crippen LogP contribution in [0.25, 0.3) is 26.3 Å². The van der Waals surface area contributed by atoms with Gasteiger partial charge in [-0.3, -0.25) is 9.78 Å². The van der Waals surface area contributed by atoms with E-state index in [0.717, 1.165) is 16.6 Å². The number of aromatic amines is 1. The number of aromatic nitrogens is 3. The van der Waals surface area contributed by atoms with Crippen LogP contribution >= 0.6 is 11.3 Å². The number of nitrogens with zero attached hydrogens (tertiary/aromatic N) is 3. The number of fused-ring (bicyclic) bond motifs is 2. The van der Waals surface area contributed by atoms with E-state index in [0.29, 0.717) is 56.4 Å². The minimum Gasteiger partial charge on any atom is -0.497 e. The van der Waals surface area contributed by atoms with Crippen molar-refractivity contribution in [2.24, 2.45) is 0 Å². The number of pyridine rings is 1. The zero-order valence-electron chi connectivity index (χ0n) is 16.5. The van der Waals surface area contributed by atoms with Crippen molar-refractivity contribution in [1.29, 1.82) is 5.26 Å². The van der Waals surface area contributed by atoms with Gasteiger partial charge in [-0.05, 0) is 37.1 Å². The Morgan fingerprint density at radius 3 is 2.97 bits per heavy atom. The summed E-state index contributed by atoms with van der Waals surface area (Å²) in [5.41, 5.74) is 1.76. The van der Waals surface area contributed by atoms with Crippen molar-refractivity contribution in [3.63, 3.8) is 0 Å². The maximum Gasteiger partial charge on any atom is 0.333 e. The zero-order chi connectivity index (χ0) is 21.5. The molecule has 5 rings (SSSR count). The highest BCUT2D eigenvalue weighted by molar-refractivity contribution is 7.22.